The third-order valence-electron chi connectivity index (χ3n) is 2.28. The summed E-state index contributed by atoms with van der Waals surface area (Å²) < 4.78 is 1.97. The van der Waals surface area contributed by atoms with Crippen molar-refractivity contribution in [2.75, 3.05) is 0 Å². The number of hydrogen-bond acceptors (Lipinski definition) is 1. The number of aromatic nitrogens is 2. The van der Waals surface area contributed by atoms with Crippen LogP contribution < -0.4 is 0 Å². The molecule has 0 N–H and O–H groups in total. The van der Waals surface area contributed by atoms with Gasteiger partial charge in [-0.3, -0.25) is 4.68 Å². The largest absolute Gasteiger partial charge is 0.268 e. The van der Waals surface area contributed by atoms with Gasteiger partial charge in [0.2, 0.25) is 0 Å². The summed E-state index contributed by atoms with van der Waals surface area (Å²) in [7, 11) is 0. The molecule has 4 heteroatoms. The molecular weight excluding hydrogens is 263 g/mol. The van der Waals surface area contributed by atoms with Gasteiger partial charge in [-0.05, 0) is 13.3 Å². The van der Waals surface area contributed by atoms with Crippen LogP contribution in [0.15, 0.2) is 6.20 Å². The maximum Gasteiger partial charge on any atom is 0.0820 e. The Hall–Kier alpha value is -0.0200. The van der Waals surface area contributed by atoms with Gasteiger partial charge in [0.05, 0.1) is 16.9 Å². The molecule has 0 saturated carbocycles. The quantitative estimate of drug-likeness (QED) is 0.766. The van der Waals surface area contributed by atoms with Crippen molar-refractivity contribution >= 4 is 27.5 Å². The summed E-state index contributed by atoms with van der Waals surface area (Å²) in [6.45, 7) is 7.30. The molecule has 0 fully saturated rings. The van der Waals surface area contributed by atoms with E-state index in [2.05, 4.69) is 41.8 Å². The number of halogens is 2. The number of nitrogens with zero attached hydrogens (tertiary/aromatic N) is 2. The Bertz CT molecular complexity index is 296. The van der Waals surface area contributed by atoms with E-state index in [1.807, 2.05) is 4.68 Å². The molecule has 80 valence electrons. The topological polar surface area (TPSA) is 17.8 Å². The van der Waals surface area contributed by atoms with Gasteiger partial charge in [-0.1, -0.05) is 41.4 Å². The average molecular weight is 280 g/mol. The van der Waals surface area contributed by atoms with Crippen LogP contribution in [0.25, 0.3) is 0 Å². The lowest BCUT2D eigenvalue weighted by molar-refractivity contribution is 0.562. The zero-order valence-electron chi connectivity index (χ0n) is 8.80. The van der Waals surface area contributed by atoms with Crippen molar-refractivity contribution < 1.29 is 0 Å². The maximum atomic E-state index is 6.10. The molecule has 0 aromatic carbocycles. The van der Waals surface area contributed by atoms with Gasteiger partial charge < -0.3 is 0 Å². The first-order chi connectivity index (χ1) is 6.56. The molecule has 0 spiro atoms. The summed E-state index contributed by atoms with van der Waals surface area (Å²) in [6, 6.07) is 0. The Morgan fingerprint density at radius 1 is 1.57 bits per heavy atom. The first-order valence-corrected chi connectivity index (χ1v) is 6.20. The second-order valence-electron chi connectivity index (χ2n) is 3.61. The van der Waals surface area contributed by atoms with E-state index >= 15 is 0 Å². The van der Waals surface area contributed by atoms with E-state index in [0.29, 0.717) is 10.7 Å². The number of alkyl halides is 1. The third-order valence-corrected chi connectivity index (χ3v) is 2.94. The summed E-state index contributed by atoms with van der Waals surface area (Å²) in [4.78, 5) is 0.508. The maximum absolute atomic E-state index is 6.10. The molecule has 1 rings (SSSR count). The smallest absolute Gasteiger partial charge is 0.0820 e. The zero-order valence-corrected chi connectivity index (χ0v) is 11.1. The van der Waals surface area contributed by atoms with Gasteiger partial charge in [-0.15, -0.1) is 0 Å². The molecule has 0 aliphatic rings. The highest BCUT2D eigenvalue weighted by molar-refractivity contribution is 9.09. The molecule has 2 atom stereocenters. The Labute approximate surface area is 98.8 Å². The Kier molecular flexibility index (Phi) is 4.45. The standard InChI is InChI=1S/C10H16BrClN2/c1-4-14-10(9(12)6-13-14)7(2)5-8(3)11/h6-8H,4-5H2,1-3H3. The number of hydrogen-bond donors (Lipinski definition) is 0. The monoisotopic (exact) mass is 278 g/mol. The van der Waals surface area contributed by atoms with Crippen molar-refractivity contribution in [3.05, 3.63) is 16.9 Å². The summed E-state index contributed by atoms with van der Waals surface area (Å²) in [5.74, 6) is 0.444. The summed E-state index contributed by atoms with van der Waals surface area (Å²) in [5, 5.41) is 5.02. The van der Waals surface area contributed by atoms with Crippen LogP contribution in [0.3, 0.4) is 0 Å². The van der Waals surface area contributed by atoms with Crippen molar-refractivity contribution in [1.82, 2.24) is 9.78 Å². The van der Waals surface area contributed by atoms with Crippen molar-refractivity contribution in [3.8, 4) is 0 Å². The van der Waals surface area contributed by atoms with E-state index in [1.54, 1.807) is 6.20 Å². The highest BCUT2D eigenvalue weighted by Crippen LogP contribution is 2.29. The van der Waals surface area contributed by atoms with Crippen LogP contribution in [-0.4, -0.2) is 14.6 Å². The Balaban J connectivity index is 2.86. The lowest BCUT2D eigenvalue weighted by atomic mass is 10.0. The highest BCUT2D eigenvalue weighted by atomic mass is 79.9. The minimum atomic E-state index is 0.444. The predicted octanol–water partition coefficient (Wildman–Crippen LogP) is 3.83. The van der Waals surface area contributed by atoms with Crippen molar-refractivity contribution in [2.24, 2.45) is 0 Å². The fourth-order valence-corrected chi connectivity index (χ4v) is 2.60. The molecule has 0 amide bonds. The van der Waals surface area contributed by atoms with Crippen molar-refractivity contribution in [1.29, 1.82) is 0 Å². The van der Waals surface area contributed by atoms with Crippen LogP contribution in [0.4, 0.5) is 0 Å². The van der Waals surface area contributed by atoms with Crippen LogP contribution in [0.1, 0.15) is 38.8 Å². The van der Waals surface area contributed by atoms with Crippen molar-refractivity contribution in [2.45, 2.75) is 44.5 Å². The molecule has 0 saturated heterocycles. The second kappa shape index (κ2) is 5.17. The zero-order chi connectivity index (χ0) is 10.7. The first kappa shape index (κ1) is 12.1. The van der Waals surface area contributed by atoms with E-state index in [-0.39, 0.29) is 0 Å². The predicted molar refractivity (Wildman–Crippen MR) is 64.3 cm³/mol. The second-order valence-corrected chi connectivity index (χ2v) is 5.58. The van der Waals surface area contributed by atoms with Gasteiger partial charge >= 0.3 is 0 Å². The average Bonchev–Trinajstić information content (AvgIpc) is 2.45. The normalized spacial score (nSPS) is 15.5. The molecule has 0 bridgehead atoms. The van der Waals surface area contributed by atoms with Gasteiger partial charge in [0, 0.05) is 17.3 Å². The molecule has 0 aliphatic carbocycles. The highest BCUT2D eigenvalue weighted by Gasteiger charge is 2.16. The lowest BCUT2D eigenvalue weighted by Crippen LogP contribution is -2.09. The number of rotatable bonds is 4. The Morgan fingerprint density at radius 2 is 2.21 bits per heavy atom. The van der Waals surface area contributed by atoms with Gasteiger partial charge in [0.25, 0.3) is 0 Å². The molecule has 1 aromatic heterocycles. The minimum absolute atomic E-state index is 0.444. The summed E-state index contributed by atoms with van der Waals surface area (Å²) in [5.41, 5.74) is 1.15. The van der Waals surface area contributed by atoms with Gasteiger partial charge in [0.15, 0.2) is 0 Å². The Morgan fingerprint density at radius 3 is 2.71 bits per heavy atom. The molecule has 2 nitrogen and oxygen atoms in total. The molecule has 2 unspecified atom stereocenters. The van der Waals surface area contributed by atoms with E-state index in [4.69, 9.17) is 11.6 Å². The third kappa shape index (κ3) is 2.74. The molecule has 0 radical (unpaired) electrons. The van der Waals surface area contributed by atoms with Crippen LogP contribution in [0.2, 0.25) is 5.02 Å². The first-order valence-electron chi connectivity index (χ1n) is 4.91. The summed E-state index contributed by atoms with van der Waals surface area (Å²) >= 11 is 9.66. The van der Waals surface area contributed by atoms with E-state index in [1.165, 1.54) is 0 Å². The molecular formula is C10H16BrClN2. The van der Waals surface area contributed by atoms with Gasteiger partial charge in [-0.2, -0.15) is 5.10 Å². The SMILES string of the molecule is CCn1ncc(Cl)c1C(C)CC(C)Br. The summed E-state index contributed by atoms with van der Waals surface area (Å²) in [6.07, 6.45) is 2.81. The van der Waals surface area contributed by atoms with Crippen LogP contribution in [0, 0.1) is 0 Å². The van der Waals surface area contributed by atoms with Crippen LogP contribution in [-0.2, 0) is 6.54 Å². The van der Waals surface area contributed by atoms with Crippen LogP contribution in [0.5, 0.6) is 0 Å². The van der Waals surface area contributed by atoms with Crippen molar-refractivity contribution in [3.63, 3.8) is 0 Å². The fourth-order valence-electron chi connectivity index (χ4n) is 1.71. The molecule has 14 heavy (non-hydrogen) atoms. The lowest BCUT2D eigenvalue weighted by Gasteiger charge is -2.15. The van der Waals surface area contributed by atoms with E-state index in [9.17, 15) is 0 Å². The fraction of sp³-hybridized carbons (Fsp3) is 0.700. The molecule has 0 aliphatic heterocycles. The molecule has 1 heterocycles. The molecule has 1 aromatic rings. The van der Waals surface area contributed by atoms with Gasteiger partial charge in [-0.25, -0.2) is 0 Å². The number of aryl methyl sites for hydroxylation is 1. The van der Waals surface area contributed by atoms with E-state index in [0.717, 1.165) is 23.7 Å². The van der Waals surface area contributed by atoms with Crippen LogP contribution >= 0.6 is 27.5 Å². The van der Waals surface area contributed by atoms with E-state index < -0.39 is 0 Å². The minimum Gasteiger partial charge on any atom is -0.268 e. The van der Waals surface area contributed by atoms with Gasteiger partial charge in [0.1, 0.15) is 0 Å².